The smallest absolute Gasteiger partial charge is 0.0652 e. The number of nitrogens with zero attached hydrogens (tertiary/aromatic N) is 3. The Balaban J connectivity index is 3.29. The number of allylic oxidation sites excluding steroid dienone is 1. The second-order valence-corrected chi connectivity index (χ2v) is 3.64. The van der Waals surface area contributed by atoms with Gasteiger partial charge in [-0.15, -0.1) is 0 Å². The monoisotopic (exact) mass is 235 g/mol. The van der Waals surface area contributed by atoms with Crippen molar-refractivity contribution in [1.82, 2.24) is 10.6 Å². The molecule has 94 valence electrons. The summed E-state index contributed by atoms with van der Waals surface area (Å²) in [6, 6.07) is 0. The molecule has 0 spiro atoms. The lowest BCUT2D eigenvalue weighted by atomic mass is 10.2. The first-order chi connectivity index (χ1) is 8.20. The van der Waals surface area contributed by atoms with E-state index in [1.54, 1.807) is 6.08 Å². The normalized spacial score (nSPS) is 8.94. The Morgan fingerprint density at radius 2 is 1.82 bits per heavy atom. The third-order valence-corrected chi connectivity index (χ3v) is 2.15. The van der Waals surface area contributed by atoms with Crippen molar-refractivity contribution in [1.29, 1.82) is 0 Å². The molecule has 5 nitrogen and oxygen atoms in total. The van der Waals surface area contributed by atoms with Gasteiger partial charge in [0.1, 0.15) is 0 Å². The molecule has 0 radical (unpaired) electrons. The number of hydrogen-bond donors (Lipinski definition) is 2. The van der Waals surface area contributed by atoms with Crippen LogP contribution in [-0.4, -0.2) is 19.6 Å². The van der Waals surface area contributed by atoms with Gasteiger partial charge in [-0.2, -0.15) is 0 Å². The highest BCUT2D eigenvalue weighted by molar-refractivity contribution is 5.07. The van der Waals surface area contributed by atoms with Crippen LogP contribution in [-0.2, 0) is 0 Å². The molecule has 0 aliphatic rings. The highest BCUT2D eigenvalue weighted by Crippen LogP contribution is 1.95. The molecule has 0 amide bonds. The van der Waals surface area contributed by atoms with Crippen molar-refractivity contribution in [2.45, 2.75) is 19.3 Å². The lowest BCUT2D eigenvalue weighted by molar-refractivity contribution is 0.621. The molecule has 0 aromatic heterocycles. The van der Waals surface area contributed by atoms with Gasteiger partial charge in [-0.3, -0.25) is 0 Å². The molecule has 17 heavy (non-hydrogen) atoms. The first-order valence-electron chi connectivity index (χ1n) is 5.68. The number of hydrogen-bond acceptors (Lipinski definition) is 3. The second-order valence-electron chi connectivity index (χ2n) is 3.64. The first-order valence-corrected chi connectivity index (χ1v) is 5.68. The van der Waals surface area contributed by atoms with E-state index >= 15 is 0 Å². The Morgan fingerprint density at radius 1 is 1.18 bits per heavy atom. The highest BCUT2D eigenvalue weighted by Gasteiger charge is 1.92. The number of nitrogens with one attached hydrogen (secondary N) is 2. The molecule has 0 heterocycles. The molecular formula is C12H21N5. The molecule has 5 heteroatoms. The summed E-state index contributed by atoms with van der Waals surface area (Å²) in [5.41, 5.74) is 9.75. The van der Waals surface area contributed by atoms with Gasteiger partial charge in [0.2, 0.25) is 0 Å². The van der Waals surface area contributed by atoms with Crippen LogP contribution in [0.15, 0.2) is 42.3 Å². The van der Waals surface area contributed by atoms with Crippen molar-refractivity contribution in [3.63, 3.8) is 0 Å². The summed E-state index contributed by atoms with van der Waals surface area (Å²) in [4.78, 5) is 2.67. The second kappa shape index (κ2) is 10.6. The minimum absolute atomic E-state index is 0.317. The summed E-state index contributed by atoms with van der Waals surface area (Å²) in [6.45, 7) is 13.2. The molecule has 0 rings (SSSR count). The fraction of sp³-hybridized carbons (Fsp3) is 0.500. The number of unbranched alkanes of at least 4 members (excludes halogenated alkanes) is 2. The number of rotatable bonds is 11. The van der Waals surface area contributed by atoms with E-state index in [-0.39, 0.29) is 0 Å². The fourth-order valence-corrected chi connectivity index (χ4v) is 1.19. The van der Waals surface area contributed by atoms with Crippen LogP contribution in [0.5, 0.6) is 0 Å². The molecule has 0 fully saturated rings. The van der Waals surface area contributed by atoms with Crippen LogP contribution in [0.4, 0.5) is 0 Å². The number of azide groups is 1. The summed E-state index contributed by atoms with van der Waals surface area (Å²) >= 11 is 0. The molecule has 0 aliphatic heterocycles. The van der Waals surface area contributed by atoms with E-state index in [9.17, 15) is 0 Å². The average Bonchev–Trinajstić information content (AvgIpc) is 2.34. The van der Waals surface area contributed by atoms with Gasteiger partial charge in [0.15, 0.2) is 0 Å². The molecule has 0 aliphatic carbocycles. The zero-order chi connectivity index (χ0) is 12.9. The van der Waals surface area contributed by atoms with Crippen LogP contribution >= 0.6 is 0 Å². The predicted octanol–water partition coefficient (Wildman–Crippen LogP) is 2.86. The lowest BCUT2D eigenvalue weighted by Crippen LogP contribution is -2.16. The Morgan fingerprint density at radius 3 is 2.41 bits per heavy atom. The van der Waals surface area contributed by atoms with Crippen LogP contribution in [0.3, 0.4) is 0 Å². The van der Waals surface area contributed by atoms with Crippen LogP contribution < -0.4 is 10.6 Å². The molecule has 0 atom stereocenters. The largest absolute Gasteiger partial charge is 0.389 e. The topological polar surface area (TPSA) is 72.8 Å². The predicted molar refractivity (Wildman–Crippen MR) is 72.3 cm³/mol. The van der Waals surface area contributed by atoms with Crippen LogP contribution in [0.2, 0.25) is 0 Å². The van der Waals surface area contributed by atoms with E-state index in [1.165, 1.54) is 0 Å². The zero-order valence-corrected chi connectivity index (χ0v) is 10.3. The summed E-state index contributed by atoms with van der Waals surface area (Å²) in [7, 11) is 0. The quantitative estimate of drug-likeness (QED) is 0.190. The van der Waals surface area contributed by atoms with E-state index < -0.39 is 0 Å². The van der Waals surface area contributed by atoms with Gasteiger partial charge in [0.25, 0.3) is 0 Å². The molecule has 2 N–H and O–H groups in total. The van der Waals surface area contributed by atoms with Crippen LogP contribution in [0, 0.1) is 0 Å². The van der Waals surface area contributed by atoms with Crippen LogP contribution in [0.25, 0.3) is 10.4 Å². The highest BCUT2D eigenvalue weighted by atomic mass is 15.1. The summed E-state index contributed by atoms with van der Waals surface area (Å²) in [6.07, 6.45) is 5.00. The molecule has 0 saturated carbocycles. The molecular weight excluding hydrogens is 214 g/mol. The van der Waals surface area contributed by atoms with Gasteiger partial charge < -0.3 is 10.6 Å². The van der Waals surface area contributed by atoms with E-state index in [2.05, 4.69) is 40.4 Å². The van der Waals surface area contributed by atoms with Gasteiger partial charge in [-0.05, 0) is 30.9 Å². The fourth-order valence-electron chi connectivity index (χ4n) is 1.19. The van der Waals surface area contributed by atoms with Gasteiger partial charge in [-0.1, -0.05) is 24.9 Å². The van der Waals surface area contributed by atoms with Crippen molar-refractivity contribution in [2.24, 2.45) is 5.11 Å². The maximum atomic E-state index is 8.12. The maximum Gasteiger partial charge on any atom is 0.0652 e. The van der Waals surface area contributed by atoms with Gasteiger partial charge >= 0.3 is 0 Å². The van der Waals surface area contributed by atoms with Gasteiger partial charge in [0.05, 0.1) is 6.54 Å². The summed E-state index contributed by atoms with van der Waals surface area (Å²) in [5.74, 6) is 0. The van der Waals surface area contributed by atoms with E-state index in [4.69, 9.17) is 5.53 Å². The van der Waals surface area contributed by atoms with E-state index in [0.29, 0.717) is 6.54 Å². The average molecular weight is 235 g/mol. The summed E-state index contributed by atoms with van der Waals surface area (Å²) in [5, 5.41) is 9.69. The molecule has 0 unspecified atom stereocenters. The molecule has 0 aromatic carbocycles. The minimum atomic E-state index is 0.317. The third kappa shape index (κ3) is 10.4. The standard InChI is InChI=1S/C12H21N5/c1-4-11(2)14-8-6-5-7-9-15-12(3)10-16-17-13/h4,14-15H,1-3,5-10H2. The van der Waals surface area contributed by atoms with Crippen molar-refractivity contribution < 1.29 is 0 Å². The van der Waals surface area contributed by atoms with Crippen molar-refractivity contribution >= 4 is 0 Å². The first kappa shape index (κ1) is 15.1. The van der Waals surface area contributed by atoms with Gasteiger partial charge in [-0.25, -0.2) is 0 Å². The molecule has 0 aromatic rings. The third-order valence-electron chi connectivity index (χ3n) is 2.15. The zero-order valence-electron chi connectivity index (χ0n) is 10.3. The molecule has 0 bridgehead atoms. The van der Waals surface area contributed by atoms with Crippen molar-refractivity contribution in [2.75, 3.05) is 19.6 Å². The SMILES string of the molecule is C=CC(=C)NCCCCCNC(=C)CN=[N+]=[N-]. The minimum Gasteiger partial charge on any atom is -0.389 e. The molecule has 0 saturated heterocycles. The van der Waals surface area contributed by atoms with Gasteiger partial charge in [0, 0.05) is 29.4 Å². The Kier molecular flexibility index (Phi) is 9.47. The Hall–Kier alpha value is -1.87. The summed E-state index contributed by atoms with van der Waals surface area (Å²) < 4.78 is 0. The van der Waals surface area contributed by atoms with Crippen molar-refractivity contribution in [3.8, 4) is 0 Å². The van der Waals surface area contributed by atoms with E-state index in [1.807, 2.05) is 0 Å². The van der Waals surface area contributed by atoms with Crippen molar-refractivity contribution in [3.05, 3.63) is 47.6 Å². The lowest BCUT2D eigenvalue weighted by Gasteiger charge is -2.07. The van der Waals surface area contributed by atoms with Crippen LogP contribution in [0.1, 0.15) is 19.3 Å². The Bertz CT molecular complexity index is 302. The van der Waals surface area contributed by atoms with E-state index in [0.717, 1.165) is 43.7 Å². The Labute approximate surface area is 103 Å². The maximum absolute atomic E-state index is 8.12.